The van der Waals surface area contributed by atoms with E-state index in [1.807, 2.05) is 0 Å². The highest BCUT2D eigenvalue weighted by molar-refractivity contribution is 5.81. The number of carbonyl (C=O) groups excluding carboxylic acids is 1. The van der Waals surface area contributed by atoms with Crippen molar-refractivity contribution in [3.63, 3.8) is 0 Å². The molecule has 0 bridgehead atoms. The summed E-state index contributed by atoms with van der Waals surface area (Å²) in [7, 11) is 0. The number of fused-ring (bicyclic) bond motifs is 1. The monoisotopic (exact) mass is 235 g/mol. The number of alkyl halides is 3. The second-order valence-electron chi connectivity index (χ2n) is 4.93. The highest BCUT2D eigenvalue weighted by atomic mass is 19.4. The van der Waals surface area contributed by atoms with Gasteiger partial charge in [-0.1, -0.05) is 19.3 Å². The first-order chi connectivity index (χ1) is 7.47. The van der Waals surface area contributed by atoms with Crippen molar-refractivity contribution in [2.24, 2.45) is 11.8 Å². The minimum atomic E-state index is -4.74. The van der Waals surface area contributed by atoms with Crippen LogP contribution in [-0.4, -0.2) is 18.1 Å². The predicted molar refractivity (Wildman–Crippen MR) is 52.7 cm³/mol. The van der Waals surface area contributed by atoms with Crippen molar-refractivity contribution in [1.29, 1.82) is 0 Å². The zero-order chi connectivity index (χ0) is 11.8. The van der Waals surface area contributed by atoms with Crippen molar-refractivity contribution < 1.29 is 18.0 Å². The summed E-state index contributed by atoms with van der Waals surface area (Å²) in [5, 5.41) is 2.11. The van der Waals surface area contributed by atoms with Crippen molar-refractivity contribution in [2.45, 2.75) is 50.7 Å². The van der Waals surface area contributed by atoms with E-state index in [9.17, 15) is 18.0 Å². The summed E-state index contributed by atoms with van der Waals surface area (Å²) in [5.41, 5.74) is 0. The number of hydrogen-bond donors (Lipinski definition) is 1. The average Bonchev–Trinajstić information content (AvgIpc) is 2.63. The second-order valence-corrected chi connectivity index (χ2v) is 4.93. The number of hydrogen-bond acceptors (Lipinski definition) is 1. The van der Waals surface area contributed by atoms with Gasteiger partial charge in [0.2, 0.25) is 0 Å². The van der Waals surface area contributed by atoms with E-state index in [4.69, 9.17) is 0 Å². The van der Waals surface area contributed by atoms with Crippen LogP contribution in [0.2, 0.25) is 0 Å². The van der Waals surface area contributed by atoms with Crippen LogP contribution in [0.25, 0.3) is 0 Å². The first-order valence-corrected chi connectivity index (χ1v) is 5.84. The van der Waals surface area contributed by atoms with Gasteiger partial charge in [0.1, 0.15) is 0 Å². The van der Waals surface area contributed by atoms with Crippen LogP contribution in [-0.2, 0) is 4.79 Å². The molecule has 3 atom stereocenters. The van der Waals surface area contributed by atoms with Gasteiger partial charge in [0.25, 0.3) is 0 Å². The van der Waals surface area contributed by atoms with Gasteiger partial charge in [-0.3, -0.25) is 4.79 Å². The molecule has 2 aliphatic rings. The Morgan fingerprint density at radius 1 is 1.06 bits per heavy atom. The van der Waals surface area contributed by atoms with E-state index < -0.39 is 12.1 Å². The van der Waals surface area contributed by atoms with Gasteiger partial charge in [-0.25, -0.2) is 0 Å². The quantitative estimate of drug-likeness (QED) is 0.743. The molecule has 2 fully saturated rings. The predicted octanol–water partition coefficient (Wildman–Crippen LogP) is 2.63. The third kappa shape index (κ3) is 2.50. The number of rotatable bonds is 1. The molecule has 2 nitrogen and oxygen atoms in total. The molecule has 2 rings (SSSR count). The van der Waals surface area contributed by atoms with Gasteiger partial charge in [0.15, 0.2) is 0 Å². The van der Waals surface area contributed by atoms with E-state index in [1.165, 1.54) is 12.8 Å². The van der Waals surface area contributed by atoms with E-state index in [1.54, 1.807) is 0 Å². The van der Waals surface area contributed by atoms with Gasteiger partial charge in [-0.2, -0.15) is 13.2 Å². The van der Waals surface area contributed by atoms with Crippen LogP contribution in [0.3, 0.4) is 0 Å². The Morgan fingerprint density at radius 3 is 2.44 bits per heavy atom. The number of nitrogens with one attached hydrogen (secondary N) is 1. The molecule has 2 saturated carbocycles. The lowest BCUT2D eigenvalue weighted by Gasteiger charge is -2.32. The Kier molecular flexibility index (Phi) is 3.13. The summed E-state index contributed by atoms with van der Waals surface area (Å²) in [6.07, 6.45) is 1.17. The Morgan fingerprint density at radius 2 is 1.75 bits per heavy atom. The molecule has 0 aromatic heterocycles. The number of halogens is 3. The lowest BCUT2D eigenvalue weighted by atomic mass is 9.79. The summed E-state index contributed by atoms with van der Waals surface area (Å²) in [4.78, 5) is 10.8. The maximum Gasteiger partial charge on any atom is 0.471 e. The van der Waals surface area contributed by atoms with Gasteiger partial charge in [-0.15, -0.1) is 0 Å². The highest BCUT2D eigenvalue weighted by Crippen LogP contribution is 2.42. The maximum atomic E-state index is 12.1. The van der Waals surface area contributed by atoms with E-state index in [-0.39, 0.29) is 6.04 Å². The third-order valence-corrected chi connectivity index (χ3v) is 3.88. The lowest BCUT2D eigenvalue weighted by molar-refractivity contribution is -0.174. The summed E-state index contributed by atoms with van der Waals surface area (Å²) >= 11 is 0. The summed E-state index contributed by atoms with van der Waals surface area (Å²) in [6.45, 7) is 0. The van der Waals surface area contributed by atoms with Crippen molar-refractivity contribution >= 4 is 5.91 Å². The Labute approximate surface area is 92.6 Å². The zero-order valence-electron chi connectivity index (χ0n) is 9.02. The molecular formula is C11H16F3NO. The van der Waals surface area contributed by atoms with E-state index in [2.05, 4.69) is 5.32 Å². The number of amides is 1. The highest BCUT2D eigenvalue weighted by Gasteiger charge is 2.41. The van der Waals surface area contributed by atoms with Gasteiger partial charge < -0.3 is 5.32 Å². The van der Waals surface area contributed by atoms with Gasteiger partial charge in [-0.05, 0) is 31.1 Å². The summed E-state index contributed by atoms with van der Waals surface area (Å²) < 4.78 is 36.2. The van der Waals surface area contributed by atoms with Crippen LogP contribution < -0.4 is 5.32 Å². The van der Waals surface area contributed by atoms with Crippen LogP contribution >= 0.6 is 0 Å². The van der Waals surface area contributed by atoms with Crippen molar-refractivity contribution in [3.05, 3.63) is 0 Å². The molecule has 92 valence electrons. The third-order valence-electron chi connectivity index (χ3n) is 3.88. The minimum Gasteiger partial charge on any atom is -0.346 e. The number of carbonyl (C=O) groups is 1. The molecule has 1 amide bonds. The molecule has 1 N–H and O–H groups in total. The van der Waals surface area contributed by atoms with E-state index in [0.717, 1.165) is 19.3 Å². The largest absolute Gasteiger partial charge is 0.471 e. The Hall–Kier alpha value is -0.740. The first-order valence-electron chi connectivity index (χ1n) is 5.84. The van der Waals surface area contributed by atoms with Crippen molar-refractivity contribution in [2.75, 3.05) is 0 Å². The van der Waals surface area contributed by atoms with Crippen molar-refractivity contribution in [1.82, 2.24) is 5.32 Å². The molecule has 0 spiro atoms. The maximum absolute atomic E-state index is 12.1. The fourth-order valence-electron chi connectivity index (χ4n) is 3.10. The van der Waals surface area contributed by atoms with Crippen LogP contribution in [0, 0.1) is 11.8 Å². The topological polar surface area (TPSA) is 29.1 Å². The Bertz CT molecular complexity index is 277. The van der Waals surface area contributed by atoms with Crippen LogP contribution in [0.4, 0.5) is 13.2 Å². The summed E-state index contributed by atoms with van der Waals surface area (Å²) in [5.74, 6) is -0.555. The van der Waals surface area contributed by atoms with Crippen LogP contribution in [0.15, 0.2) is 0 Å². The fraction of sp³-hybridized carbons (Fsp3) is 0.909. The van der Waals surface area contributed by atoms with Gasteiger partial charge in [0.05, 0.1) is 0 Å². The Balaban J connectivity index is 1.85. The van der Waals surface area contributed by atoms with Crippen LogP contribution in [0.5, 0.6) is 0 Å². The van der Waals surface area contributed by atoms with Gasteiger partial charge >= 0.3 is 12.1 Å². The minimum absolute atomic E-state index is 0.270. The van der Waals surface area contributed by atoms with E-state index >= 15 is 0 Å². The molecular weight excluding hydrogens is 219 g/mol. The molecule has 0 heterocycles. The van der Waals surface area contributed by atoms with Crippen LogP contribution in [0.1, 0.15) is 38.5 Å². The molecule has 0 radical (unpaired) electrons. The molecule has 16 heavy (non-hydrogen) atoms. The zero-order valence-corrected chi connectivity index (χ0v) is 9.02. The molecule has 5 heteroatoms. The molecule has 0 saturated heterocycles. The fourth-order valence-corrected chi connectivity index (χ4v) is 3.10. The van der Waals surface area contributed by atoms with Crippen molar-refractivity contribution in [3.8, 4) is 0 Å². The molecule has 0 aromatic rings. The SMILES string of the molecule is O=C(NC1CCC2CCCC2C1)C(F)(F)F. The second kappa shape index (κ2) is 4.26. The molecule has 0 aromatic carbocycles. The average molecular weight is 235 g/mol. The van der Waals surface area contributed by atoms with Gasteiger partial charge in [0, 0.05) is 6.04 Å². The normalized spacial score (nSPS) is 34.6. The summed E-state index contributed by atoms with van der Waals surface area (Å²) in [6, 6.07) is -0.270. The molecule has 0 aliphatic heterocycles. The first kappa shape index (κ1) is 11.7. The smallest absolute Gasteiger partial charge is 0.346 e. The van der Waals surface area contributed by atoms with E-state index in [0.29, 0.717) is 18.3 Å². The standard InChI is InChI=1S/C11H16F3NO/c12-11(13,14)10(16)15-9-5-4-7-2-1-3-8(7)6-9/h7-9H,1-6H2,(H,15,16). The molecule has 2 aliphatic carbocycles. The molecule has 3 unspecified atom stereocenters. The lowest BCUT2D eigenvalue weighted by Crippen LogP contribution is -2.45.